The highest BCUT2D eigenvalue weighted by molar-refractivity contribution is 5.94. The minimum absolute atomic E-state index is 0.0369. The Bertz CT molecular complexity index is 889. The van der Waals surface area contributed by atoms with Gasteiger partial charge in [-0.05, 0) is 24.6 Å². The van der Waals surface area contributed by atoms with Crippen molar-refractivity contribution in [3.8, 4) is 0 Å². The number of pyridine rings is 1. The molecule has 0 radical (unpaired) electrons. The van der Waals surface area contributed by atoms with E-state index in [0.717, 1.165) is 5.56 Å². The summed E-state index contributed by atoms with van der Waals surface area (Å²) in [6, 6.07) is 11.8. The van der Waals surface area contributed by atoms with Crippen molar-refractivity contribution in [1.29, 1.82) is 0 Å². The second kappa shape index (κ2) is 14.0. The van der Waals surface area contributed by atoms with Gasteiger partial charge in [0.15, 0.2) is 0 Å². The number of ether oxygens (including phenoxy) is 2. The highest BCUT2D eigenvalue weighted by Gasteiger charge is 2.31. The zero-order chi connectivity index (χ0) is 24.1. The summed E-state index contributed by atoms with van der Waals surface area (Å²) in [6.07, 6.45) is 1.47. The van der Waals surface area contributed by atoms with Crippen molar-refractivity contribution in [2.24, 2.45) is 0 Å². The molecule has 1 aromatic carbocycles. The smallest absolute Gasteiger partial charge is 0.247 e. The maximum Gasteiger partial charge on any atom is 0.247 e. The highest BCUT2D eigenvalue weighted by atomic mass is 16.5. The van der Waals surface area contributed by atoms with Gasteiger partial charge in [-0.25, -0.2) is 4.98 Å². The summed E-state index contributed by atoms with van der Waals surface area (Å²) in [5.74, 6) is -0.555. The van der Waals surface area contributed by atoms with E-state index in [2.05, 4.69) is 15.6 Å². The van der Waals surface area contributed by atoms with Crippen LogP contribution in [0.4, 0.5) is 5.82 Å². The van der Waals surface area contributed by atoms with Crippen molar-refractivity contribution in [1.82, 2.24) is 15.2 Å². The second-order valence-corrected chi connectivity index (χ2v) is 7.44. The molecule has 0 aliphatic rings. The van der Waals surface area contributed by atoms with Crippen molar-refractivity contribution in [2.75, 3.05) is 45.8 Å². The van der Waals surface area contributed by atoms with Crippen LogP contribution >= 0.6 is 0 Å². The number of aromatic nitrogens is 1. The molecule has 33 heavy (non-hydrogen) atoms. The van der Waals surface area contributed by atoms with E-state index < -0.39 is 6.04 Å². The van der Waals surface area contributed by atoms with Crippen LogP contribution in [-0.4, -0.2) is 68.1 Å². The van der Waals surface area contributed by atoms with Gasteiger partial charge in [0.1, 0.15) is 11.9 Å². The largest absolute Gasteiger partial charge is 0.383 e. The van der Waals surface area contributed by atoms with Gasteiger partial charge in [0, 0.05) is 46.3 Å². The van der Waals surface area contributed by atoms with Crippen LogP contribution < -0.4 is 10.6 Å². The van der Waals surface area contributed by atoms with Gasteiger partial charge in [-0.2, -0.15) is 0 Å². The van der Waals surface area contributed by atoms with E-state index in [4.69, 9.17) is 9.47 Å². The molecule has 2 N–H and O–H groups in total. The number of nitrogens with one attached hydrogen (secondary N) is 2. The average molecular weight is 457 g/mol. The summed E-state index contributed by atoms with van der Waals surface area (Å²) in [6.45, 7) is 3.07. The number of rotatable bonds is 13. The Morgan fingerprint density at radius 1 is 1.00 bits per heavy atom. The van der Waals surface area contributed by atoms with Crippen LogP contribution in [-0.2, 0) is 23.9 Å². The Labute approximate surface area is 194 Å². The predicted octanol–water partition coefficient (Wildman–Crippen LogP) is 2.09. The van der Waals surface area contributed by atoms with Crippen molar-refractivity contribution in [2.45, 2.75) is 25.8 Å². The maximum atomic E-state index is 13.2. The number of hydrogen-bond donors (Lipinski definition) is 2. The van der Waals surface area contributed by atoms with Crippen molar-refractivity contribution < 1.29 is 23.9 Å². The summed E-state index contributed by atoms with van der Waals surface area (Å²) in [5.41, 5.74) is 1.72. The van der Waals surface area contributed by atoms with Crippen LogP contribution in [0.5, 0.6) is 0 Å². The molecule has 1 heterocycles. The standard InChI is InChI=1S/C24H32N4O5/c1-18-7-9-19(10-8-18)23(24(31)26-14-16-32-2)28(15-17-33-3)22(30)12-11-21(29)27-20-6-4-5-13-25-20/h4-10,13,23H,11-12,14-17H2,1-3H3,(H,26,31)(H,25,27,29)/t23-/m0/s1. The van der Waals surface area contributed by atoms with Crippen molar-refractivity contribution >= 4 is 23.5 Å². The lowest BCUT2D eigenvalue weighted by atomic mass is 10.0. The molecule has 9 heteroatoms. The van der Waals surface area contributed by atoms with Gasteiger partial charge in [-0.15, -0.1) is 0 Å². The normalized spacial score (nSPS) is 11.5. The van der Waals surface area contributed by atoms with E-state index in [1.165, 1.54) is 12.0 Å². The number of aryl methyl sites for hydroxylation is 1. The molecule has 0 aliphatic heterocycles. The SMILES string of the molecule is COCCNC(=O)[C@H](c1ccc(C)cc1)N(CCOC)C(=O)CCC(=O)Nc1ccccn1. The molecule has 2 rings (SSSR count). The van der Waals surface area contributed by atoms with Gasteiger partial charge in [0.25, 0.3) is 0 Å². The number of anilines is 1. The van der Waals surface area contributed by atoms with Crippen LogP contribution in [0.2, 0.25) is 0 Å². The number of carbonyl (C=O) groups is 3. The molecule has 9 nitrogen and oxygen atoms in total. The van der Waals surface area contributed by atoms with Gasteiger partial charge < -0.3 is 25.0 Å². The van der Waals surface area contributed by atoms with Crippen LogP contribution in [0, 0.1) is 6.92 Å². The molecule has 1 atom stereocenters. The van der Waals surface area contributed by atoms with Gasteiger partial charge in [-0.3, -0.25) is 14.4 Å². The molecule has 0 spiro atoms. The number of hydrogen-bond acceptors (Lipinski definition) is 6. The van der Waals surface area contributed by atoms with E-state index in [1.807, 2.05) is 31.2 Å². The van der Waals surface area contributed by atoms with E-state index in [1.54, 1.807) is 31.5 Å². The van der Waals surface area contributed by atoms with Crippen LogP contribution in [0.15, 0.2) is 48.7 Å². The molecule has 2 aromatic rings. The molecule has 0 unspecified atom stereocenters. The van der Waals surface area contributed by atoms with Crippen LogP contribution in [0.25, 0.3) is 0 Å². The topological polar surface area (TPSA) is 110 Å². The second-order valence-electron chi connectivity index (χ2n) is 7.44. The summed E-state index contributed by atoms with van der Waals surface area (Å²) >= 11 is 0. The molecule has 0 saturated heterocycles. The molecule has 0 fully saturated rings. The first kappa shape index (κ1) is 26.0. The first-order valence-electron chi connectivity index (χ1n) is 10.8. The summed E-state index contributed by atoms with van der Waals surface area (Å²) in [5, 5.41) is 5.48. The lowest BCUT2D eigenvalue weighted by Crippen LogP contribution is -2.45. The zero-order valence-corrected chi connectivity index (χ0v) is 19.4. The zero-order valence-electron chi connectivity index (χ0n) is 19.4. The van der Waals surface area contributed by atoms with Crippen molar-refractivity contribution in [3.05, 3.63) is 59.8 Å². The lowest BCUT2D eigenvalue weighted by Gasteiger charge is -2.31. The van der Waals surface area contributed by atoms with E-state index in [9.17, 15) is 14.4 Å². The molecule has 0 bridgehead atoms. The average Bonchev–Trinajstić information content (AvgIpc) is 2.82. The Morgan fingerprint density at radius 3 is 2.36 bits per heavy atom. The van der Waals surface area contributed by atoms with Crippen molar-refractivity contribution in [3.63, 3.8) is 0 Å². The van der Waals surface area contributed by atoms with Gasteiger partial charge in [-0.1, -0.05) is 35.9 Å². The minimum atomic E-state index is -0.857. The molecular weight excluding hydrogens is 424 g/mol. The van der Waals surface area contributed by atoms with Gasteiger partial charge in [0.2, 0.25) is 17.7 Å². The first-order chi connectivity index (χ1) is 16.0. The van der Waals surface area contributed by atoms with E-state index in [0.29, 0.717) is 24.5 Å². The molecule has 0 aliphatic carbocycles. The predicted molar refractivity (Wildman–Crippen MR) is 124 cm³/mol. The molecule has 1 aromatic heterocycles. The fourth-order valence-electron chi connectivity index (χ4n) is 3.19. The quantitative estimate of drug-likeness (QED) is 0.447. The molecule has 3 amide bonds. The third kappa shape index (κ3) is 8.63. The Morgan fingerprint density at radius 2 is 1.73 bits per heavy atom. The lowest BCUT2D eigenvalue weighted by molar-refractivity contribution is -0.142. The highest BCUT2D eigenvalue weighted by Crippen LogP contribution is 2.23. The fourth-order valence-corrected chi connectivity index (χ4v) is 3.19. The van der Waals surface area contributed by atoms with Gasteiger partial charge in [0.05, 0.1) is 13.2 Å². The number of nitrogens with zero attached hydrogens (tertiary/aromatic N) is 2. The third-order valence-electron chi connectivity index (χ3n) is 4.91. The van der Waals surface area contributed by atoms with Crippen LogP contribution in [0.3, 0.4) is 0 Å². The van der Waals surface area contributed by atoms with E-state index in [-0.39, 0.29) is 43.7 Å². The Kier molecular flexibility index (Phi) is 11.0. The first-order valence-corrected chi connectivity index (χ1v) is 10.8. The number of carbonyl (C=O) groups excluding carboxylic acids is 3. The van der Waals surface area contributed by atoms with Crippen LogP contribution in [0.1, 0.15) is 30.0 Å². The van der Waals surface area contributed by atoms with Gasteiger partial charge >= 0.3 is 0 Å². The number of benzene rings is 1. The molecular formula is C24H32N4O5. The maximum absolute atomic E-state index is 13.2. The Balaban J connectivity index is 2.17. The monoisotopic (exact) mass is 456 g/mol. The summed E-state index contributed by atoms with van der Waals surface area (Å²) in [4.78, 5) is 44.1. The Hall–Kier alpha value is -3.30. The number of methoxy groups -OCH3 is 2. The summed E-state index contributed by atoms with van der Waals surface area (Å²) < 4.78 is 10.2. The third-order valence-corrected chi connectivity index (χ3v) is 4.91. The molecule has 178 valence electrons. The minimum Gasteiger partial charge on any atom is -0.383 e. The molecule has 0 saturated carbocycles. The van der Waals surface area contributed by atoms with E-state index >= 15 is 0 Å². The number of amides is 3. The fraction of sp³-hybridized carbons (Fsp3) is 0.417. The summed E-state index contributed by atoms with van der Waals surface area (Å²) in [7, 11) is 3.08.